The van der Waals surface area contributed by atoms with Gasteiger partial charge in [-0.15, -0.1) is 0 Å². The van der Waals surface area contributed by atoms with Crippen molar-refractivity contribution < 1.29 is 4.79 Å². The molecule has 0 saturated carbocycles. The van der Waals surface area contributed by atoms with Gasteiger partial charge in [0.15, 0.2) is 0 Å². The van der Waals surface area contributed by atoms with Crippen molar-refractivity contribution in [3.63, 3.8) is 0 Å². The van der Waals surface area contributed by atoms with Gasteiger partial charge in [-0.25, -0.2) is 0 Å². The number of aryl methyl sites for hydroxylation is 1. The topological polar surface area (TPSA) is 57.5 Å². The Hall–Kier alpha value is -2.41. The van der Waals surface area contributed by atoms with Gasteiger partial charge in [-0.05, 0) is 52.4 Å². The number of nitrogens with zero attached hydrogens (tertiary/aromatic N) is 6. The molecule has 1 unspecified atom stereocenters. The van der Waals surface area contributed by atoms with Gasteiger partial charge in [-0.1, -0.05) is 0 Å². The van der Waals surface area contributed by atoms with Crippen molar-refractivity contribution in [1.82, 2.24) is 24.6 Å². The molecule has 1 atom stereocenters. The van der Waals surface area contributed by atoms with Crippen LogP contribution in [-0.4, -0.2) is 76.8 Å². The SMILES string of the molecule is Cc1cc(N2CCN(C)CC2)cc(C2CCN(C(=O)c3ccnn3C(C)C)C2)n1. The second-order valence-corrected chi connectivity index (χ2v) is 8.67. The Bertz CT molecular complexity index is 868. The molecule has 0 bridgehead atoms. The summed E-state index contributed by atoms with van der Waals surface area (Å²) in [7, 11) is 2.18. The Morgan fingerprint density at radius 1 is 1.14 bits per heavy atom. The molecular formula is C22H32N6O. The number of carbonyl (C=O) groups is 1. The van der Waals surface area contributed by atoms with Crippen LogP contribution in [0.25, 0.3) is 0 Å². The molecule has 2 aliphatic heterocycles. The minimum absolute atomic E-state index is 0.0747. The van der Waals surface area contributed by atoms with Gasteiger partial charge in [0, 0.05) is 74.5 Å². The number of aromatic nitrogens is 3. The van der Waals surface area contributed by atoms with E-state index in [1.165, 1.54) is 5.69 Å². The van der Waals surface area contributed by atoms with E-state index >= 15 is 0 Å². The third kappa shape index (κ3) is 4.15. The molecule has 4 heterocycles. The average Bonchev–Trinajstić information content (AvgIpc) is 3.37. The minimum atomic E-state index is 0.0747. The predicted molar refractivity (Wildman–Crippen MR) is 115 cm³/mol. The Kier molecular flexibility index (Phi) is 5.58. The van der Waals surface area contributed by atoms with Gasteiger partial charge in [0.2, 0.25) is 0 Å². The highest BCUT2D eigenvalue weighted by atomic mass is 16.2. The van der Waals surface area contributed by atoms with E-state index in [1.54, 1.807) is 6.20 Å². The number of hydrogen-bond acceptors (Lipinski definition) is 5. The number of hydrogen-bond donors (Lipinski definition) is 0. The number of amides is 1. The molecule has 0 aromatic carbocycles. The van der Waals surface area contributed by atoms with Crippen LogP contribution in [0.15, 0.2) is 24.4 Å². The van der Waals surface area contributed by atoms with Crippen LogP contribution in [0.3, 0.4) is 0 Å². The number of rotatable bonds is 4. The Morgan fingerprint density at radius 3 is 2.62 bits per heavy atom. The molecule has 0 N–H and O–H groups in total. The summed E-state index contributed by atoms with van der Waals surface area (Å²) in [6.07, 6.45) is 2.67. The molecule has 0 spiro atoms. The van der Waals surface area contributed by atoms with E-state index in [0.29, 0.717) is 11.6 Å². The average molecular weight is 397 g/mol. The summed E-state index contributed by atoms with van der Waals surface area (Å²) in [5.74, 6) is 0.367. The summed E-state index contributed by atoms with van der Waals surface area (Å²) in [4.78, 5) is 24.7. The van der Waals surface area contributed by atoms with Crippen molar-refractivity contribution in [2.75, 3.05) is 51.2 Å². The van der Waals surface area contributed by atoms with Crippen LogP contribution in [0, 0.1) is 6.92 Å². The van der Waals surface area contributed by atoms with E-state index in [-0.39, 0.29) is 11.9 Å². The van der Waals surface area contributed by atoms with Gasteiger partial charge in [-0.2, -0.15) is 5.10 Å². The number of carbonyl (C=O) groups excluding carboxylic acids is 1. The first kappa shape index (κ1) is 19.9. The number of likely N-dealkylation sites (N-methyl/N-ethyl adjacent to an activating group) is 1. The molecule has 156 valence electrons. The second kappa shape index (κ2) is 8.14. The lowest BCUT2D eigenvalue weighted by Crippen LogP contribution is -2.44. The fourth-order valence-electron chi connectivity index (χ4n) is 4.38. The fourth-order valence-corrected chi connectivity index (χ4v) is 4.38. The summed E-state index contributed by atoms with van der Waals surface area (Å²) < 4.78 is 1.81. The molecule has 2 aromatic heterocycles. The molecule has 2 saturated heterocycles. The van der Waals surface area contributed by atoms with Crippen LogP contribution in [0.5, 0.6) is 0 Å². The lowest BCUT2D eigenvalue weighted by molar-refractivity contribution is 0.0776. The van der Waals surface area contributed by atoms with Crippen molar-refractivity contribution in [2.24, 2.45) is 0 Å². The lowest BCUT2D eigenvalue weighted by Gasteiger charge is -2.34. The van der Waals surface area contributed by atoms with Crippen molar-refractivity contribution in [1.29, 1.82) is 0 Å². The molecule has 7 heteroatoms. The minimum Gasteiger partial charge on any atom is -0.369 e. The quantitative estimate of drug-likeness (QED) is 0.795. The fraction of sp³-hybridized carbons (Fsp3) is 0.591. The summed E-state index contributed by atoms with van der Waals surface area (Å²) in [5, 5.41) is 4.31. The van der Waals surface area contributed by atoms with Crippen molar-refractivity contribution in [3.8, 4) is 0 Å². The maximum absolute atomic E-state index is 13.1. The number of anilines is 1. The van der Waals surface area contributed by atoms with E-state index in [2.05, 4.69) is 41.0 Å². The first-order chi connectivity index (χ1) is 13.9. The number of pyridine rings is 1. The highest BCUT2D eigenvalue weighted by Gasteiger charge is 2.31. The largest absolute Gasteiger partial charge is 0.369 e. The molecule has 4 rings (SSSR count). The smallest absolute Gasteiger partial charge is 0.272 e. The van der Waals surface area contributed by atoms with Crippen LogP contribution >= 0.6 is 0 Å². The summed E-state index contributed by atoms with van der Waals surface area (Å²) in [6, 6.07) is 6.43. The lowest BCUT2D eigenvalue weighted by atomic mass is 10.0. The highest BCUT2D eigenvalue weighted by Crippen LogP contribution is 2.30. The van der Waals surface area contributed by atoms with E-state index in [4.69, 9.17) is 4.98 Å². The van der Waals surface area contributed by atoms with Crippen molar-refractivity contribution in [2.45, 2.75) is 39.2 Å². The second-order valence-electron chi connectivity index (χ2n) is 8.67. The van der Waals surface area contributed by atoms with Crippen LogP contribution in [-0.2, 0) is 0 Å². The van der Waals surface area contributed by atoms with Crippen molar-refractivity contribution in [3.05, 3.63) is 41.5 Å². The van der Waals surface area contributed by atoms with Crippen LogP contribution in [0.4, 0.5) is 5.69 Å². The van der Waals surface area contributed by atoms with Gasteiger partial charge in [0.1, 0.15) is 5.69 Å². The molecule has 2 aliphatic rings. The standard InChI is InChI=1S/C22H32N6O/c1-16(2)28-21(5-7-23-28)22(29)27-8-6-18(15-27)20-14-19(13-17(3)24-20)26-11-9-25(4)10-12-26/h5,7,13-14,16,18H,6,8-12,15H2,1-4H3. The number of likely N-dealkylation sites (tertiary alicyclic amines) is 1. The van der Waals surface area contributed by atoms with Gasteiger partial charge < -0.3 is 14.7 Å². The maximum atomic E-state index is 13.1. The molecule has 2 aromatic rings. The van der Waals surface area contributed by atoms with Crippen LogP contribution < -0.4 is 4.90 Å². The normalized spacial score (nSPS) is 20.7. The van der Waals surface area contributed by atoms with Crippen LogP contribution in [0.2, 0.25) is 0 Å². The molecule has 2 fully saturated rings. The molecule has 1 amide bonds. The first-order valence-corrected chi connectivity index (χ1v) is 10.7. The van der Waals surface area contributed by atoms with Gasteiger partial charge in [0.25, 0.3) is 5.91 Å². The summed E-state index contributed by atoms with van der Waals surface area (Å²) in [5.41, 5.74) is 4.12. The monoisotopic (exact) mass is 396 g/mol. The van der Waals surface area contributed by atoms with E-state index < -0.39 is 0 Å². The predicted octanol–water partition coefficient (Wildman–Crippen LogP) is 2.55. The van der Waals surface area contributed by atoms with E-state index in [1.807, 2.05) is 29.5 Å². The molecule has 0 radical (unpaired) electrons. The molecule has 7 nitrogen and oxygen atoms in total. The van der Waals surface area contributed by atoms with E-state index in [0.717, 1.165) is 57.1 Å². The zero-order valence-electron chi connectivity index (χ0n) is 18.0. The summed E-state index contributed by atoms with van der Waals surface area (Å²) >= 11 is 0. The summed E-state index contributed by atoms with van der Waals surface area (Å²) in [6.45, 7) is 11.9. The Morgan fingerprint density at radius 2 is 1.90 bits per heavy atom. The van der Waals surface area contributed by atoms with Crippen molar-refractivity contribution >= 4 is 11.6 Å². The molecular weight excluding hydrogens is 364 g/mol. The van der Waals surface area contributed by atoms with E-state index in [9.17, 15) is 4.79 Å². The molecule has 29 heavy (non-hydrogen) atoms. The molecule has 0 aliphatic carbocycles. The first-order valence-electron chi connectivity index (χ1n) is 10.7. The van der Waals surface area contributed by atoms with Gasteiger partial charge in [0.05, 0.1) is 0 Å². The Labute approximate surface area is 173 Å². The number of piperazine rings is 1. The highest BCUT2D eigenvalue weighted by molar-refractivity contribution is 5.92. The van der Waals surface area contributed by atoms with Gasteiger partial charge >= 0.3 is 0 Å². The maximum Gasteiger partial charge on any atom is 0.272 e. The third-order valence-electron chi connectivity index (χ3n) is 6.10. The van der Waals surface area contributed by atoms with Gasteiger partial charge in [-0.3, -0.25) is 14.5 Å². The third-order valence-corrected chi connectivity index (χ3v) is 6.10. The zero-order chi connectivity index (χ0) is 20.5. The zero-order valence-corrected chi connectivity index (χ0v) is 18.0. The van der Waals surface area contributed by atoms with Crippen LogP contribution in [0.1, 0.15) is 54.1 Å². The Balaban J connectivity index is 1.49.